The van der Waals surface area contributed by atoms with Gasteiger partial charge in [0.25, 0.3) is 0 Å². The number of rotatable bonds is 4. The zero-order valence-corrected chi connectivity index (χ0v) is 11.7. The Morgan fingerprint density at radius 3 is 2.53 bits per heavy atom. The molecule has 0 saturated heterocycles. The highest BCUT2D eigenvalue weighted by Gasteiger charge is 2.30. The molecule has 0 aliphatic rings. The summed E-state index contributed by atoms with van der Waals surface area (Å²) in [6.45, 7) is 4.99. The fraction of sp³-hybridized carbons (Fsp3) is 0.500. The van der Waals surface area contributed by atoms with Crippen LogP contribution in [0.5, 0.6) is 0 Å². The molecule has 19 heavy (non-hydrogen) atoms. The topological polar surface area (TPSA) is 50.9 Å². The van der Waals surface area contributed by atoms with Crippen molar-refractivity contribution in [3.63, 3.8) is 0 Å². The van der Waals surface area contributed by atoms with E-state index in [1.807, 2.05) is 0 Å². The number of halogens is 3. The van der Waals surface area contributed by atoms with Crippen molar-refractivity contribution in [3.05, 3.63) is 22.9 Å². The molecule has 1 unspecified atom stereocenters. The van der Waals surface area contributed by atoms with Crippen LogP contribution in [0.25, 0.3) is 0 Å². The third-order valence-corrected chi connectivity index (χ3v) is 2.72. The Balaban J connectivity index is 3.03. The lowest BCUT2D eigenvalue weighted by atomic mass is 10.1. The molecule has 7 heteroatoms. The molecule has 1 rings (SSSR count). The Labute approximate surface area is 115 Å². The van der Waals surface area contributed by atoms with Crippen LogP contribution >= 0.6 is 12.2 Å². The van der Waals surface area contributed by atoms with Gasteiger partial charge in [-0.1, -0.05) is 12.2 Å². The number of aryl methyl sites for hydroxylation is 2. The number of pyridine rings is 1. The van der Waals surface area contributed by atoms with Crippen LogP contribution in [0.3, 0.4) is 0 Å². The first-order chi connectivity index (χ1) is 8.60. The minimum absolute atomic E-state index is 0.117. The molecule has 1 aromatic heterocycles. The Morgan fingerprint density at radius 2 is 2.05 bits per heavy atom. The minimum Gasteiger partial charge on any atom is -0.389 e. The molecule has 0 aliphatic heterocycles. The van der Waals surface area contributed by atoms with Crippen molar-refractivity contribution in [1.82, 2.24) is 4.98 Å². The van der Waals surface area contributed by atoms with E-state index in [1.165, 1.54) is 6.92 Å². The van der Waals surface area contributed by atoms with Crippen LogP contribution < -0.4 is 11.1 Å². The van der Waals surface area contributed by atoms with Gasteiger partial charge in [-0.3, -0.25) is 0 Å². The molecule has 0 radical (unpaired) electrons. The highest BCUT2D eigenvalue weighted by Crippen LogP contribution is 2.25. The summed E-state index contributed by atoms with van der Waals surface area (Å²) in [4.78, 5) is 4.30. The molecule has 0 amide bonds. The lowest BCUT2D eigenvalue weighted by Crippen LogP contribution is -2.26. The second-order valence-corrected chi connectivity index (χ2v) is 4.97. The summed E-state index contributed by atoms with van der Waals surface area (Å²) in [5.74, 6) is 0.307. The van der Waals surface area contributed by atoms with Crippen molar-refractivity contribution >= 4 is 23.0 Å². The number of anilines is 1. The van der Waals surface area contributed by atoms with Crippen molar-refractivity contribution in [2.24, 2.45) is 5.73 Å². The summed E-state index contributed by atoms with van der Waals surface area (Å²) in [5, 5.41) is 2.73. The summed E-state index contributed by atoms with van der Waals surface area (Å²) in [6.07, 6.45) is -5.17. The number of nitrogens with zero attached hydrogens (tertiary/aromatic N) is 1. The predicted molar refractivity (Wildman–Crippen MR) is 73.4 cm³/mol. The van der Waals surface area contributed by atoms with Crippen LogP contribution in [0, 0.1) is 13.8 Å². The molecule has 3 N–H and O–H groups in total. The number of nitrogens with two attached hydrogens (primary N) is 1. The highest BCUT2D eigenvalue weighted by atomic mass is 32.1. The molecule has 3 nitrogen and oxygen atoms in total. The fourth-order valence-corrected chi connectivity index (χ4v) is 2.14. The smallest absolute Gasteiger partial charge is 0.389 e. The number of thiocarbonyl (C=S) groups is 1. The van der Waals surface area contributed by atoms with E-state index < -0.39 is 18.6 Å². The summed E-state index contributed by atoms with van der Waals surface area (Å²) >= 11 is 4.92. The zero-order valence-electron chi connectivity index (χ0n) is 10.9. The van der Waals surface area contributed by atoms with Gasteiger partial charge in [0.15, 0.2) is 0 Å². The standard InChI is InChI=1S/C12H16F3N3S/c1-6-4-7(2)17-11(9(6)10(16)19)18-8(3)5-12(13,14)15/h4,8H,5H2,1-3H3,(H2,16,19)(H,17,18). The number of aromatic nitrogens is 1. The van der Waals surface area contributed by atoms with E-state index >= 15 is 0 Å². The normalized spacial score (nSPS) is 13.2. The lowest BCUT2D eigenvalue weighted by molar-refractivity contribution is -0.136. The van der Waals surface area contributed by atoms with Crippen LogP contribution in [0.1, 0.15) is 30.2 Å². The lowest BCUT2D eigenvalue weighted by Gasteiger charge is -2.19. The fourth-order valence-electron chi connectivity index (χ4n) is 1.88. The summed E-state index contributed by atoms with van der Waals surface area (Å²) in [6, 6.07) is 0.982. The van der Waals surface area contributed by atoms with Gasteiger partial charge in [-0.15, -0.1) is 0 Å². The van der Waals surface area contributed by atoms with Gasteiger partial charge in [0.05, 0.1) is 12.0 Å². The SMILES string of the molecule is Cc1cc(C)c(C(N)=S)c(NC(C)CC(F)(F)F)n1. The van der Waals surface area contributed by atoms with Crippen molar-refractivity contribution in [1.29, 1.82) is 0 Å². The number of hydrogen-bond acceptors (Lipinski definition) is 3. The summed E-state index contributed by atoms with van der Waals surface area (Å²) in [5.41, 5.74) is 7.58. The largest absolute Gasteiger partial charge is 0.391 e. The van der Waals surface area contributed by atoms with E-state index in [-0.39, 0.29) is 4.99 Å². The van der Waals surface area contributed by atoms with Crippen molar-refractivity contribution in [2.75, 3.05) is 5.32 Å². The third kappa shape index (κ3) is 4.66. The van der Waals surface area contributed by atoms with E-state index in [9.17, 15) is 13.2 Å². The molecule has 0 spiro atoms. The third-order valence-electron chi connectivity index (χ3n) is 2.51. The van der Waals surface area contributed by atoms with Crippen molar-refractivity contribution < 1.29 is 13.2 Å². The summed E-state index contributed by atoms with van der Waals surface area (Å²) in [7, 11) is 0. The molecule has 106 valence electrons. The molecule has 0 saturated carbocycles. The average molecular weight is 291 g/mol. The molecule has 0 fully saturated rings. The second kappa shape index (κ2) is 5.73. The maximum Gasteiger partial charge on any atom is 0.391 e. The van der Waals surface area contributed by atoms with Crippen molar-refractivity contribution in [3.8, 4) is 0 Å². The van der Waals surface area contributed by atoms with Gasteiger partial charge in [-0.2, -0.15) is 13.2 Å². The van der Waals surface area contributed by atoms with Crippen molar-refractivity contribution in [2.45, 2.75) is 39.4 Å². The number of hydrogen-bond donors (Lipinski definition) is 2. The molecule has 1 heterocycles. The van der Waals surface area contributed by atoms with Gasteiger partial charge in [0, 0.05) is 11.7 Å². The first kappa shape index (κ1) is 15.7. The van der Waals surface area contributed by atoms with Gasteiger partial charge >= 0.3 is 6.18 Å². The Kier molecular flexibility index (Phi) is 4.73. The Morgan fingerprint density at radius 1 is 1.47 bits per heavy atom. The zero-order chi connectivity index (χ0) is 14.8. The van der Waals surface area contributed by atoms with Crippen LogP contribution in [-0.4, -0.2) is 22.2 Å². The molecule has 0 aromatic carbocycles. The number of nitrogens with one attached hydrogen (secondary N) is 1. The van der Waals surface area contributed by atoms with Gasteiger partial charge in [-0.25, -0.2) is 4.98 Å². The molecule has 0 aliphatic carbocycles. The monoisotopic (exact) mass is 291 g/mol. The maximum absolute atomic E-state index is 12.3. The molecular weight excluding hydrogens is 275 g/mol. The predicted octanol–water partition coefficient (Wildman–Crippen LogP) is 3.09. The van der Waals surface area contributed by atoms with Crippen LogP contribution in [0.4, 0.5) is 19.0 Å². The van der Waals surface area contributed by atoms with Crippen LogP contribution in [0.2, 0.25) is 0 Å². The first-order valence-electron chi connectivity index (χ1n) is 5.71. The number of alkyl halides is 3. The highest BCUT2D eigenvalue weighted by molar-refractivity contribution is 7.80. The van der Waals surface area contributed by atoms with E-state index in [0.717, 1.165) is 5.56 Å². The Hall–Kier alpha value is -1.37. The Bertz CT molecular complexity index is 486. The molecule has 1 aromatic rings. The van der Waals surface area contributed by atoms with Gasteiger partial charge in [-0.05, 0) is 32.4 Å². The van der Waals surface area contributed by atoms with Crippen LogP contribution in [-0.2, 0) is 0 Å². The van der Waals surface area contributed by atoms with E-state index in [1.54, 1.807) is 19.9 Å². The maximum atomic E-state index is 12.3. The van der Waals surface area contributed by atoms with E-state index in [2.05, 4.69) is 10.3 Å². The quantitative estimate of drug-likeness (QED) is 0.837. The molecule has 1 atom stereocenters. The summed E-state index contributed by atoms with van der Waals surface area (Å²) < 4.78 is 36.9. The molecular formula is C12H16F3N3S. The van der Waals surface area contributed by atoms with Gasteiger partial charge in [0.2, 0.25) is 0 Å². The minimum atomic E-state index is -4.23. The average Bonchev–Trinajstić information content (AvgIpc) is 2.10. The van der Waals surface area contributed by atoms with Gasteiger partial charge < -0.3 is 11.1 Å². The van der Waals surface area contributed by atoms with E-state index in [4.69, 9.17) is 18.0 Å². The van der Waals surface area contributed by atoms with Gasteiger partial charge in [0.1, 0.15) is 10.8 Å². The second-order valence-electron chi connectivity index (χ2n) is 4.53. The van der Waals surface area contributed by atoms with Crippen LogP contribution in [0.15, 0.2) is 6.07 Å². The first-order valence-corrected chi connectivity index (χ1v) is 6.12. The van der Waals surface area contributed by atoms with E-state index in [0.29, 0.717) is 17.1 Å². The molecule has 0 bridgehead atoms.